The van der Waals surface area contributed by atoms with Gasteiger partial charge in [-0.05, 0) is 24.9 Å². The second kappa shape index (κ2) is 4.67. The van der Waals surface area contributed by atoms with E-state index in [1.165, 1.54) is 11.5 Å². The van der Waals surface area contributed by atoms with E-state index in [1.54, 1.807) is 6.92 Å². The molecule has 2 aromatic rings. The van der Waals surface area contributed by atoms with Crippen molar-refractivity contribution in [2.24, 2.45) is 0 Å². The molecule has 0 saturated carbocycles. The summed E-state index contributed by atoms with van der Waals surface area (Å²) in [5.41, 5.74) is 0.869. The summed E-state index contributed by atoms with van der Waals surface area (Å²) < 4.78 is 8.94. The van der Waals surface area contributed by atoms with Crippen LogP contribution in [-0.4, -0.2) is 24.8 Å². The van der Waals surface area contributed by atoms with E-state index in [0.717, 1.165) is 23.4 Å². The molecule has 0 spiro atoms. The molecule has 16 heavy (non-hydrogen) atoms. The molecule has 86 valence electrons. The number of aromatic nitrogens is 4. The summed E-state index contributed by atoms with van der Waals surface area (Å²) in [6.45, 7) is 3.66. The van der Waals surface area contributed by atoms with Crippen molar-refractivity contribution in [1.29, 1.82) is 0 Å². The van der Waals surface area contributed by atoms with Crippen molar-refractivity contribution < 1.29 is 9.63 Å². The summed E-state index contributed by atoms with van der Waals surface area (Å²) in [4.78, 5) is 4.89. The van der Waals surface area contributed by atoms with E-state index in [2.05, 4.69) is 26.7 Å². The lowest BCUT2D eigenvalue weighted by molar-refractivity contribution is 0.184. The molecule has 0 amide bonds. The first-order chi connectivity index (χ1) is 7.72. The third-order valence-electron chi connectivity index (χ3n) is 2.05. The van der Waals surface area contributed by atoms with Gasteiger partial charge < -0.3 is 9.63 Å². The fraction of sp³-hybridized carbons (Fsp3) is 0.556. The largest absolute Gasteiger partial charge is 0.385 e. The lowest BCUT2D eigenvalue weighted by atomic mass is 10.2. The highest BCUT2D eigenvalue weighted by atomic mass is 32.1. The minimum absolute atomic E-state index is 0.283. The molecule has 1 atom stereocenters. The topological polar surface area (TPSA) is 84.9 Å². The van der Waals surface area contributed by atoms with Crippen molar-refractivity contribution in [2.45, 2.75) is 32.8 Å². The van der Waals surface area contributed by atoms with Crippen LogP contribution in [0.5, 0.6) is 0 Å². The zero-order chi connectivity index (χ0) is 11.5. The highest BCUT2D eigenvalue weighted by Gasteiger charge is 2.18. The van der Waals surface area contributed by atoms with Gasteiger partial charge in [0.05, 0.1) is 5.69 Å². The molecule has 0 bridgehead atoms. The lowest BCUT2D eigenvalue weighted by Crippen LogP contribution is -1.93. The highest BCUT2D eigenvalue weighted by molar-refractivity contribution is 7.09. The molecule has 0 saturated heterocycles. The van der Waals surface area contributed by atoms with Gasteiger partial charge in [0.15, 0.2) is 5.82 Å². The maximum atomic E-state index is 9.29. The van der Waals surface area contributed by atoms with E-state index in [9.17, 15) is 5.11 Å². The molecule has 2 heterocycles. The van der Waals surface area contributed by atoms with Crippen LogP contribution in [0.2, 0.25) is 0 Å². The van der Waals surface area contributed by atoms with Gasteiger partial charge in [0, 0.05) is 0 Å². The minimum Gasteiger partial charge on any atom is -0.385 e. The molecule has 2 rings (SSSR count). The Balaban J connectivity index is 2.31. The smallest absolute Gasteiger partial charge is 0.271 e. The predicted molar refractivity (Wildman–Crippen MR) is 57.8 cm³/mol. The molecule has 2 aromatic heterocycles. The van der Waals surface area contributed by atoms with Gasteiger partial charge in [-0.2, -0.15) is 4.98 Å². The van der Waals surface area contributed by atoms with Gasteiger partial charge in [0.25, 0.3) is 5.89 Å². The van der Waals surface area contributed by atoms with E-state index in [-0.39, 0.29) is 5.82 Å². The van der Waals surface area contributed by atoms with Crippen molar-refractivity contribution in [2.75, 3.05) is 0 Å². The number of hydrogen-bond acceptors (Lipinski definition) is 7. The summed E-state index contributed by atoms with van der Waals surface area (Å²) >= 11 is 1.23. The van der Waals surface area contributed by atoms with Crippen LogP contribution in [0.15, 0.2) is 4.52 Å². The van der Waals surface area contributed by atoms with Crippen molar-refractivity contribution in [1.82, 2.24) is 19.7 Å². The second-order valence-corrected chi connectivity index (χ2v) is 4.19. The summed E-state index contributed by atoms with van der Waals surface area (Å²) in [6, 6.07) is 0. The Kier molecular flexibility index (Phi) is 3.25. The van der Waals surface area contributed by atoms with Gasteiger partial charge in [0.2, 0.25) is 0 Å². The molecule has 0 fully saturated rings. The molecular formula is C9H12N4O2S. The molecule has 0 aliphatic heterocycles. The number of aliphatic hydroxyl groups is 1. The van der Waals surface area contributed by atoms with Crippen molar-refractivity contribution in [3.8, 4) is 10.8 Å². The first-order valence-corrected chi connectivity index (χ1v) is 5.83. The Morgan fingerprint density at radius 1 is 1.50 bits per heavy atom. The Morgan fingerprint density at radius 3 is 2.94 bits per heavy atom. The maximum absolute atomic E-state index is 9.29. The standard InChI is InChI=1S/C9H12N4O2S/c1-3-4-6-7(16-13-11-6)9-10-8(5(2)14)12-15-9/h5,14H,3-4H2,1-2H3. The van der Waals surface area contributed by atoms with Crippen LogP contribution in [0.25, 0.3) is 10.8 Å². The Hall–Kier alpha value is -1.34. The number of rotatable bonds is 4. The Morgan fingerprint density at radius 2 is 2.31 bits per heavy atom. The van der Waals surface area contributed by atoms with Crippen LogP contribution in [-0.2, 0) is 6.42 Å². The van der Waals surface area contributed by atoms with Gasteiger partial charge in [0.1, 0.15) is 11.0 Å². The number of aliphatic hydroxyl groups excluding tert-OH is 1. The van der Waals surface area contributed by atoms with E-state index >= 15 is 0 Å². The van der Waals surface area contributed by atoms with Crippen LogP contribution in [0.1, 0.15) is 37.9 Å². The third kappa shape index (κ3) is 2.10. The Bertz CT molecular complexity index is 466. The number of aryl methyl sites for hydroxylation is 1. The number of hydrogen-bond donors (Lipinski definition) is 1. The molecule has 7 heteroatoms. The third-order valence-corrected chi connectivity index (χ3v) is 2.81. The normalized spacial score (nSPS) is 12.9. The molecule has 1 unspecified atom stereocenters. The fourth-order valence-electron chi connectivity index (χ4n) is 1.27. The summed E-state index contributed by atoms with van der Waals surface area (Å²) in [5, 5.41) is 17.0. The quantitative estimate of drug-likeness (QED) is 0.873. The zero-order valence-corrected chi connectivity index (χ0v) is 9.86. The minimum atomic E-state index is -0.729. The van der Waals surface area contributed by atoms with Gasteiger partial charge in [-0.15, -0.1) is 5.10 Å². The average molecular weight is 240 g/mol. The van der Waals surface area contributed by atoms with E-state index in [1.807, 2.05) is 0 Å². The second-order valence-electron chi connectivity index (χ2n) is 3.43. The summed E-state index contributed by atoms with van der Waals surface area (Å²) in [6.07, 6.45) is 1.08. The molecule has 0 aliphatic carbocycles. The molecule has 1 N–H and O–H groups in total. The molecule has 0 aromatic carbocycles. The summed E-state index contributed by atoms with van der Waals surface area (Å²) in [5.74, 6) is 0.667. The monoisotopic (exact) mass is 240 g/mol. The molecule has 6 nitrogen and oxygen atoms in total. The highest BCUT2D eigenvalue weighted by Crippen LogP contribution is 2.26. The van der Waals surface area contributed by atoms with Crippen LogP contribution in [0.3, 0.4) is 0 Å². The first kappa shape index (κ1) is 11.2. The molecule has 0 radical (unpaired) electrons. The zero-order valence-electron chi connectivity index (χ0n) is 9.04. The lowest BCUT2D eigenvalue weighted by Gasteiger charge is -1.93. The van der Waals surface area contributed by atoms with E-state index in [0.29, 0.717) is 5.89 Å². The van der Waals surface area contributed by atoms with Gasteiger partial charge in [-0.25, -0.2) is 0 Å². The van der Waals surface area contributed by atoms with Gasteiger partial charge >= 0.3 is 0 Å². The molecular weight excluding hydrogens is 228 g/mol. The summed E-state index contributed by atoms with van der Waals surface area (Å²) in [7, 11) is 0. The predicted octanol–water partition coefficient (Wildman–Crippen LogP) is 1.59. The van der Waals surface area contributed by atoms with E-state index < -0.39 is 6.10 Å². The first-order valence-electron chi connectivity index (χ1n) is 5.05. The SMILES string of the molecule is CCCc1nnsc1-c1nc(C(C)O)no1. The van der Waals surface area contributed by atoms with Crippen LogP contribution >= 0.6 is 11.5 Å². The van der Waals surface area contributed by atoms with Crippen molar-refractivity contribution >= 4 is 11.5 Å². The molecule has 0 aliphatic rings. The van der Waals surface area contributed by atoms with Crippen LogP contribution < -0.4 is 0 Å². The average Bonchev–Trinajstić information content (AvgIpc) is 2.84. The Labute approximate surface area is 96.5 Å². The van der Waals surface area contributed by atoms with Gasteiger partial charge in [-0.1, -0.05) is 23.0 Å². The number of nitrogens with zero attached hydrogens (tertiary/aromatic N) is 4. The van der Waals surface area contributed by atoms with Crippen molar-refractivity contribution in [3.05, 3.63) is 11.5 Å². The van der Waals surface area contributed by atoms with Crippen LogP contribution in [0.4, 0.5) is 0 Å². The van der Waals surface area contributed by atoms with Crippen LogP contribution in [0, 0.1) is 0 Å². The fourth-order valence-corrected chi connectivity index (χ4v) is 1.90. The maximum Gasteiger partial charge on any atom is 0.271 e. The van der Waals surface area contributed by atoms with Gasteiger partial charge in [-0.3, -0.25) is 0 Å². The van der Waals surface area contributed by atoms with Crippen molar-refractivity contribution in [3.63, 3.8) is 0 Å². The van der Waals surface area contributed by atoms with E-state index in [4.69, 9.17) is 4.52 Å².